The maximum atomic E-state index is 8.32. The van der Waals surface area contributed by atoms with Crippen molar-refractivity contribution in [2.24, 2.45) is 5.11 Å². The van der Waals surface area contributed by atoms with Crippen molar-refractivity contribution in [2.75, 3.05) is 0 Å². The standard InChI is InChI=1S/C10H8N4/c11-7-2-1-4-9-5-3-6-10(8-9)13-14-12/h1,3-6,8H,2H2. The molecule has 0 fully saturated rings. The van der Waals surface area contributed by atoms with Crippen molar-refractivity contribution in [3.05, 3.63) is 46.3 Å². The van der Waals surface area contributed by atoms with Crippen LogP contribution in [0.4, 0.5) is 5.69 Å². The van der Waals surface area contributed by atoms with E-state index < -0.39 is 0 Å². The molecule has 0 heterocycles. The lowest BCUT2D eigenvalue weighted by atomic mass is 10.2. The van der Waals surface area contributed by atoms with Gasteiger partial charge in [-0.2, -0.15) is 5.26 Å². The van der Waals surface area contributed by atoms with Gasteiger partial charge in [-0.05, 0) is 17.2 Å². The van der Waals surface area contributed by atoms with Crippen LogP contribution in [-0.4, -0.2) is 0 Å². The van der Waals surface area contributed by atoms with Crippen LogP contribution >= 0.6 is 0 Å². The van der Waals surface area contributed by atoms with Crippen molar-refractivity contribution in [3.8, 4) is 6.07 Å². The van der Waals surface area contributed by atoms with Gasteiger partial charge in [0.1, 0.15) is 0 Å². The molecule has 0 atom stereocenters. The van der Waals surface area contributed by atoms with Crippen LogP contribution in [0, 0.1) is 11.3 Å². The van der Waals surface area contributed by atoms with E-state index >= 15 is 0 Å². The Labute approximate surface area is 81.7 Å². The molecule has 1 rings (SSSR count). The summed E-state index contributed by atoms with van der Waals surface area (Å²) in [5.74, 6) is 0. The lowest BCUT2D eigenvalue weighted by Crippen LogP contribution is -1.70. The van der Waals surface area contributed by atoms with Crippen LogP contribution < -0.4 is 0 Å². The van der Waals surface area contributed by atoms with Crippen LogP contribution in [0.3, 0.4) is 0 Å². The van der Waals surface area contributed by atoms with Crippen molar-refractivity contribution in [1.29, 1.82) is 5.26 Å². The van der Waals surface area contributed by atoms with E-state index in [1.807, 2.05) is 18.2 Å². The second-order valence-electron chi connectivity index (χ2n) is 2.55. The molecule has 0 aliphatic carbocycles. The minimum Gasteiger partial charge on any atom is -0.198 e. The summed E-state index contributed by atoms with van der Waals surface area (Å²) >= 11 is 0. The number of allylic oxidation sites excluding steroid dienone is 1. The van der Waals surface area contributed by atoms with Crippen molar-refractivity contribution in [3.63, 3.8) is 0 Å². The largest absolute Gasteiger partial charge is 0.198 e. The summed E-state index contributed by atoms with van der Waals surface area (Å²) < 4.78 is 0. The zero-order valence-corrected chi connectivity index (χ0v) is 7.46. The summed E-state index contributed by atoms with van der Waals surface area (Å²) in [7, 11) is 0. The zero-order valence-electron chi connectivity index (χ0n) is 7.46. The molecular formula is C10H8N4. The van der Waals surface area contributed by atoms with Gasteiger partial charge < -0.3 is 0 Å². The van der Waals surface area contributed by atoms with Crippen LogP contribution in [0.1, 0.15) is 12.0 Å². The van der Waals surface area contributed by atoms with Gasteiger partial charge in [0.25, 0.3) is 0 Å². The van der Waals surface area contributed by atoms with Gasteiger partial charge in [0.15, 0.2) is 0 Å². The number of benzene rings is 1. The van der Waals surface area contributed by atoms with E-state index in [9.17, 15) is 0 Å². The van der Waals surface area contributed by atoms with Crippen molar-refractivity contribution >= 4 is 11.8 Å². The van der Waals surface area contributed by atoms with Gasteiger partial charge in [0.05, 0.1) is 12.5 Å². The van der Waals surface area contributed by atoms with Crippen LogP contribution in [0.25, 0.3) is 16.5 Å². The van der Waals surface area contributed by atoms with Crippen LogP contribution in [0.2, 0.25) is 0 Å². The first-order valence-corrected chi connectivity index (χ1v) is 4.05. The highest BCUT2D eigenvalue weighted by atomic mass is 15.1. The Morgan fingerprint density at radius 1 is 1.57 bits per heavy atom. The molecule has 0 aromatic heterocycles. The molecule has 68 valence electrons. The van der Waals surface area contributed by atoms with E-state index in [-0.39, 0.29) is 0 Å². The molecule has 0 saturated heterocycles. The Morgan fingerprint density at radius 3 is 3.14 bits per heavy atom. The molecule has 0 N–H and O–H groups in total. The van der Waals surface area contributed by atoms with Gasteiger partial charge in [0.2, 0.25) is 0 Å². The van der Waals surface area contributed by atoms with E-state index in [2.05, 4.69) is 10.0 Å². The third-order valence-electron chi connectivity index (χ3n) is 1.55. The fourth-order valence-electron chi connectivity index (χ4n) is 0.990. The van der Waals surface area contributed by atoms with Crippen LogP contribution in [0.5, 0.6) is 0 Å². The normalized spacial score (nSPS) is 9.36. The maximum absolute atomic E-state index is 8.32. The summed E-state index contributed by atoms with van der Waals surface area (Å²) in [6.45, 7) is 0. The lowest BCUT2D eigenvalue weighted by molar-refractivity contribution is 1.36. The average Bonchev–Trinajstić information content (AvgIpc) is 2.19. The summed E-state index contributed by atoms with van der Waals surface area (Å²) in [6, 6.07) is 9.17. The van der Waals surface area contributed by atoms with E-state index in [4.69, 9.17) is 10.8 Å². The number of rotatable bonds is 3. The first kappa shape index (κ1) is 9.85. The number of nitrogens with zero attached hydrogens (tertiary/aromatic N) is 4. The van der Waals surface area contributed by atoms with Crippen LogP contribution in [-0.2, 0) is 0 Å². The summed E-state index contributed by atoms with van der Waals surface area (Å²) in [4.78, 5) is 2.69. The van der Waals surface area contributed by atoms with E-state index in [1.165, 1.54) is 0 Å². The molecule has 1 aromatic carbocycles. The molecule has 0 radical (unpaired) electrons. The molecule has 0 amide bonds. The molecule has 0 saturated carbocycles. The predicted molar refractivity (Wildman–Crippen MR) is 54.5 cm³/mol. The topological polar surface area (TPSA) is 72.5 Å². The van der Waals surface area contributed by atoms with Crippen molar-refractivity contribution in [1.82, 2.24) is 0 Å². The molecule has 0 aliphatic heterocycles. The summed E-state index contributed by atoms with van der Waals surface area (Å²) in [5, 5.41) is 11.8. The Hall–Kier alpha value is -2.24. The van der Waals surface area contributed by atoms with Gasteiger partial charge in [0, 0.05) is 10.6 Å². The predicted octanol–water partition coefficient (Wildman–Crippen LogP) is 3.56. The van der Waals surface area contributed by atoms with Crippen molar-refractivity contribution < 1.29 is 0 Å². The van der Waals surface area contributed by atoms with E-state index in [1.54, 1.807) is 24.3 Å². The number of azide groups is 1. The molecule has 4 nitrogen and oxygen atoms in total. The number of hydrogen-bond donors (Lipinski definition) is 0. The fourth-order valence-corrected chi connectivity index (χ4v) is 0.990. The zero-order chi connectivity index (χ0) is 10.2. The van der Waals surface area contributed by atoms with Gasteiger partial charge >= 0.3 is 0 Å². The van der Waals surface area contributed by atoms with E-state index in [0.29, 0.717) is 12.1 Å². The Balaban J connectivity index is 2.84. The first-order chi connectivity index (χ1) is 6.86. The highest BCUT2D eigenvalue weighted by molar-refractivity contribution is 5.55. The second-order valence-corrected chi connectivity index (χ2v) is 2.55. The lowest BCUT2D eigenvalue weighted by Gasteiger charge is -1.93. The quantitative estimate of drug-likeness (QED) is 0.402. The summed E-state index contributed by atoms with van der Waals surface area (Å²) in [5.41, 5.74) is 9.72. The molecule has 0 spiro atoms. The minimum atomic E-state index is 0.381. The molecule has 14 heavy (non-hydrogen) atoms. The van der Waals surface area contributed by atoms with Gasteiger partial charge in [-0.25, -0.2) is 0 Å². The molecule has 0 bridgehead atoms. The SMILES string of the molecule is N#CCC=Cc1cccc(N=[N+]=[N-])c1. The third kappa shape index (κ3) is 3.02. The minimum absolute atomic E-state index is 0.381. The van der Waals surface area contributed by atoms with E-state index in [0.717, 1.165) is 5.56 Å². The van der Waals surface area contributed by atoms with Crippen molar-refractivity contribution in [2.45, 2.75) is 6.42 Å². The third-order valence-corrected chi connectivity index (χ3v) is 1.55. The number of hydrogen-bond acceptors (Lipinski definition) is 2. The molecule has 0 aliphatic rings. The molecule has 0 unspecified atom stereocenters. The second kappa shape index (κ2) is 5.41. The van der Waals surface area contributed by atoms with Gasteiger partial charge in [-0.15, -0.1) is 0 Å². The average molecular weight is 184 g/mol. The highest BCUT2D eigenvalue weighted by Crippen LogP contribution is 2.15. The molecule has 1 aromatic rings. The molecule has 4 heteroatoms. The molecular weight excluding hydrogens is 176 g/mol. The Morgan fingerprint density at radius 2 is 2.43 bits per heavy atom. The summed E-state index contributed by atoms with van der Waals surface area (Å²) in [6.07, 6.45) is 3.96. The fraction of sp³-hybridized carbons (Fsp3) is 0.100. The maximum Gasteiger partial charge on any atom is 0.0663 e. The monoisotopic (exact) mass is 184 g/mol. The Bertz CT molecular complexity index is 422. The first-order valence-electron chi connectivity index (χ1n) is 4.05. The highest BCUT2D eigenvalue weighted by Gasteiger charge is 1.89. The smallest absolute Gasteiger partial charge is 0.0663 e. The van der Waals surface area contributed by atoms with Gasteiger partial charge in [-0.1, -0.05) is 35.5 Å². The number of nitriles is 1. The Kier molecular flexibility index (Phi) is 3.81. The van der Waals surface area contributed by atoms with Gasteiger partial charge in [-0.3, -0.25) is 0 Å². The van der Waals surface area contributed by atoms with Crippen LogP contribution in [0.15, 0.2) is 35.5 Å².